The molecule has 5 nitrogen and oxygen atoms in total. The molecule has 0 aromatic heterocycles. The van der Waals surface area contributed by atoms with Crippen molar-refractivity contribution in [2.45, 2.75) is 219 Å². The van der Waals surface area contributed by atoms with Crippen molar-refractivity contribution in [2.24, 2.45) is 0 Å². The van der Waals surface area contributed by atoms with Crippen molar-refractivity contribution in [3.63, 3.8) is 0 Å². The standard InChI is InChI=1S/C55H92O5/c1-4-7-10-13-16-19-22-25-27-28-29-31-33-36-39-42-45-48-54(56)59-52-53(51-58-50-47-44-41-38-35-32-26-23-20-17-14-11-8-5-2)60-55(57)49-46-43-40-37-34-30-24-21-18-15-12-9-6-3/h7-8,10-11,16-17,19-21,24-27,29,31-32,53H,4-6,9,12-15,18,22-23,28,30,33-52H2,1-3H3/b10-7-,11-8-,19-16-,20-17-,24-21-,27-25-,31-29-,32-26-. The van der Waals surface area contributed by atoms with E-state index in [9.17, 15) is 9.59 Å². The molecule has 0 aromatic rings. The van der Waals surface area contributed by atoms with Gasteiger partial charge in [0.05, 0.1) is 6.61 Å². The van der Waals surface area contributed by atoms with Gasteiger partial charge in [0.15, 0.2) is 6.10 Å². The highest BCUT2D eigenvalue weighted by molar-refractivity contribution is 5.70. The normalized spacial score (nSPS) is 13.1. The van der Waals surface area contributed by atoms with Crippen LogP contribution in [0.1, 0.15) is 213 Å². The SMILES string of the molecule is CC/C=C\C/C=C\C/C=C\C/C=C\CCCCCCC(=O)OCC(COCCCCCC/C=C\C/C=C\C/C=C\CC)OC(=O)CCCCCCC/C=C\CCCCCC. The fourth-order valence-electron chi connectivity index (χ4n) is 6.45. The van der Waals surface area contributed by atoms with Crippen LogP contribution in [0.25, 0.3) is 0 Å². The third-order valence-electron chi connectivity index (χ3n) is 10.1. The Morgan fingerprint density at radius 3 is 1.22 bits per heavy atom. The molecular weight excluding hydrogens is 741 g/mol. The second kappa shape index (κ2) is 50.2. The van der Waals surface area contributed by atoms with Crippen LogP contribution in [-0.4, -0.2) is 37.9 Å². The number of carbonyl (C=O) groups excluding carboxylic acids is 2. The van der Waals surface area contributed by atoms with E-state index < -0.39 is 6.10 Å². The summed E-state index contributed by atoms with van der Waals surface area (Å²) in [5.74, 6) is -0.452. The first-order valence-electron chi connectivity index (χ1n) is 24.8. The van der Waals surface area contributed by atoms with Crippen molar-refractivity contribution in [3.8, 4) is 0 Å². The lowest BCUT2D eigenvalue weighted by Crippen LogP contribution is -2.30. The molecule has 5 heteroatoms. The third-order valence-corrected chi connectivity index (χ3v) is 10.1. The molecule has 0 aliphatic rings. The summed E-state index contributed by atoms with van der Waals surface area (Å²) in [6.45, 7) is 7.49. The van der Waals surface area contributed by atoms with Crippen molar-refractivity contribution in [2.75, 3.05) is 19.8 Å². The average molecular weight is 833 g/mol. The molecule has 0 aromatic carbocycles. The van der Waals surface area contributed by atoms with Gasteiger partial charge in [0.2, 0.25) is 0 Å². The Morgan fingerprint density at radius 1 is 0.383 bits per heavy atom. The highest BCUT2D eigenvalue weighted by Crippen LogP contribution is 2.12. The van der Waals surface area contributed by atoms with Crippen LogP contribution in [0.15, 0.2) is 97.2 Å². The van der Waals surface area contributed by atoms with Gasteiger partial charge in [-0.25, -0.2) is 0 Å². The van der Waals surface area contributed by atoms with Crippen molar-refractivity contribution in [1.82, 2.24) is 0 Å². The van der Waals surface area contributed by atoms with Gasteiger partial charge in [-0.1, -0.05) is 182 Å². The minimum absolute atomic E-state index is 0.0550. The smallest absolute Gasteiger partial charge is 0.306 e. The summed E-state index contributed by atoms with van der Waals surface area (Å²) >= 11 is 0. The van der Waals surface area contributed by atoms with Crippen LogP contribution < -0.4 is 0 Å². The first-order chi connectivity index (χ1) is 29.6. The molecule has 0 aliphatic carbocycles. The number of unbranched alkanes of at least 4 members (excludes halogenated alkanes) is 17. The number of carbonyl (C=O) groups is 2. The lowest BCUT2D eigenvalue weighted by Gasteiger charge is -2.18. The maximum Gasteiger partial charge on any atom is 0.306 e. The van der Waals surface area contributed by atoms with Gasteiger partial charge in [0.25, 0.3) is 0 Å². The van der Waals surface area contributed by atoms with Gasteiger partial charge in [-0.2, -0.15) is 0 Å². The molecule has 0 spiro atoms. The fraction of sp³-hybridized carbons (Fsp3) is 0.673. The van der Waals surface area contributed by atoms with Gasteiger partial charge in [-0.15, -0.1) is 0 Å². The Hall–Kier alpha value is -3.18. The van der Waals surface area contributed by atoms with E-state index in [-0.39, 0.29) is 25.2 Å². The molecule has 342 valence electrons. The molecule has 60 heavy (non-hydrogen) atoms. The summed E-state index contributed by atoms with van der Waals surface area (Å²) in [6, 6.07) is 0. The lowest BCUT2D eigenvalue weighted by atomic mass is 10.1. The monoisotopic (exact) mass is 833 g/mol. The molecule has 0 heterocycles. The van der Waals surface area contributed by atoms with Crippen LogP contribution in [-0.2, 0) is 23.8 Å². The highest BCUT2D eigenvalue weighted by Gasteiger charge is 2.17. The van der Waals surface area contributed by atoms with Crippen LogP contribution in [0, 0.1) is 0 Å². The lowest BCUT2D eigenvalue weighted by molar-refractivity contribution is -0.163. The predicted octanol–water partition coefficient (Wildman–Crippen LogP) is 16.7. The summed E-state index contributed by atoms with van der Waals surface area (Å²) in [5.41, 5.74) is 0. The molecule has 1 atom stereocenters. The van der Waals surface area contributed by atoms with Crippen molar-refractivity contribution in [1.29, 1.82) is 0 Å². The zero-order valence-electron chi connectivity index (χ0n) is 39.2. The average Bonchev–Trinajstić information content (AvgIpc) is 3.25. The second-order valence-electron chi connectivity index (χ2n) is 15.9. The quantitative estimate of drug-likeness (QED) is 0.0348. The number of ether oxygens (including phenoxy) is 3. The van der Waals surface area contributed by atoms with Crippen molar-refractivity contribution in [3.05, 3.63) is 97.2 Å². The number of rotatable bonds is 44. The highest BCUT2D eigenvalue weighted by atomic mass is 16.6. The molecule has 0 saturated carbocycles. The molecule has 0 fully saturated rings. The fourth-order valence-corrected chi connectivity index (χ4v) is 6.45. The van der Waals surface area contributed by atoms with Gasteiger partial charge >= 0.3 is 11.9 Å². The molecule has 0 aliphatic heterocycles. The van der Waals surface area contributed by atoms with Crippen molar-refractivity contribution >= 4 is 11.9 Å². The zero-order chi connectivity index (χ0) is 43.5. The van der Waals surface area contributed by atoms with Crippen LogP contribution >= 0.6 is 0 Å². The minimum atomic E-state index is -0.567. The van der Waals surface area contributed by atoms with E-state index in [0.29, 0.717) is 19.4 Å². The summed E-state index contributed by atoms with van der Waals surface area (Å²) in [5, 5.41) is 0. The van der Waals surface area contributed by atoms with Crippen molar-refractivity contribution < 1.29 is 23.8 Å². The largest absolute Gasteiger partial charge is 0.462 e. The zero-order valence-corrected chi connectivity index (χ0v) is 39.2. The van der Waals surface area contributed by atoms with E-state index >= 15 is 0 Å². The summed E-state index contributed by atoms with van der Waals surface area (Å²) in [7, 11) is 0. The van der Waals surface area contributed by atoms with Crippen LogP contribution in [0.3, 0.4) is 0 Å². The van der Waals surface area contributed by atoms with Crippen LogP contribution in [0.4, 0.5) is 0 Å². The maximum absolute atomic E-state index is 12.8. The summed E-state index contributed by atoms with van der Waals surface area (Å²) < 4.78 is 17.3. The van der Waals surface area contributed by atoms with E-state index in [1.165, 1.54) is 57.8 Å². The molecule has 0 saturated heterocycles. The number of esters is 2. The van der Waals surface area contributed by atoms with Gasteiger partial charge in [-0.05, 0) is 116 Å². The van der Waals surface area contributed by atoms with Crippen LogP contribution in [0.5, 0.6) is 0 Å². The predicted molar refractivity (Wildman–Crippen MR) is 260 cm³/mol. The summed E-state index contributed by atoms with van der Waals surface area (Å²) in [6.07, 6.45) is 66.9. The van der Waals surface area contributed by atoms with Gasteiger partial charge < -0.3 is 14.2 Å². The molecule has 0 bridgehead atoms. The van der Waals surface area contributed by atoms with E-state index in [1.807, 2.05) is 0 Å². The molecular formula is C55H92O5. The van der Waals surface area contributed by atoms with Gasteiger partial charge in [-0.3, -0.25) is 9.59 Å². The summed E-state index contributed by atoms with van der Waals surface area (Å²) in [4.78, 5) is 25.3. The van der Waals surface area contributed by atoms with Gasteiger partial charge in [0, 0.05) is 19.4 Å². The Morgan fingerprint density at radius 2 is 0.750 bits per heavy atom. The topological polar surface area (TPSA) is 61.8 Å². The van der Waals surface area contributed by atoms with Gasteiger partial charge in [0.1, 0.15) is 6.61 Å². The molecule has 0 rings (SSSR count). The number of allylic oxidation sites excluding steroid dienone is 16. The number of hydrogen-bond acceptors (Lipinski definition) is 5. The first-order valence-corrected chi connectivity index (χ1v) is 24.8. The maximum atomic E-state index is 12.8. The Kier molecular flexibility index (Phi) is 47.5. The van der Waals surface area contributed by atoms with Crippen LogP contribution in [0.2, 0.25) is 0 Å². The number of hydrogen-bond donors (Lipinski definition) is 0. The Bertz CT molecular complexity index is 1170. The minimum Gasteiger partial charge on any atom is -0.462 e. The molecule has 0 amide bonds. The second-order valence-corrected chi connectivity index (χ2v) is 15.9. The molecule has 0 N–H and O–H groups in total. The Balaban J connectivity index is 4.37. The van der Waals surface area contributed by atoms with E-state index in [2.05, 4.69) is 118 Å². The molecule has 0 radical (unpaired) electrons. The van der Waals surface area contributed by atoms with E-state index in [4.69, 9.17) is 14.2 Å². The molecule has 1 unspecified atom stereocenters. The van der Waals surface area contributed by atoms with E-state index in [1.54, 1.807) is 0 Å². The third kappa shape index (κ3) is 47.5. The first kappa shape index (κ1) is 56.8. The Labute approximate surface area is 371 Å². The van der Waals surface area contributed by atoms with E-state index in [0.717, 1.165) is 122 Å².